The van der Waals surface area contributed by atoms with Crippen LogP contribution in [0, 0.1) is 16.7 Å². The van der Waals surface area contributed by atoms with Crippen molar-refractivity contribution in [2.24, 2.45) is 16.7 Å². The second-order valence-electron chi connectivity index (χ2n) is 10.5. The maximum Gasteiger partial charge on any atom is 0.310 e. The lowest BCUT2D eigenvalue weighted by Gasteiger charge is -2.53. The van der Waals surface area contributed by atoms with Crippen molar-refractivity contribution in [2.75, 3.05) is 0 Å². The van der Waals surface area contributed by atoms with Gasteiger partial charge < -0.3 is 5.11 Å². The SMILES string of the molecule is CCCCCCCCC(CC)C(CC)(CCCCCC)C(CC)(CCCCCC)C(=O)O. The number of unbranched alkanes of at least 4 members (excludes halogenated alkanes) is 11. The molecule has 3 unspecified atom stereocenters. The third-order valence-corrected chi connectivity index (χ3v) is 8.71. The van der Waals surface area contributed by atoms with Crippen LogP contribution >= 0.6 is 0 Å². The van der Waals surface area contributed by atoms with Gasteiger partial charge in [-0.05, 0) is 43.4 Å². The number of hydrogen-bond acceptors (Lipinski definition) is 1. The first-order chi connectivity index (χ1) is 15.5. The molecular formula is C30H60O2. The summed E-state index contributed by atoms with van der Waals surface area (Å²) in [5.41, 5.74) is -0.629. The highest BCUT2D eigenvalue weighted by molar-refractivity contribution is 5.76. The van der Waals surface area contributed by atoms with Gasteiger partial charge in [-0.25, -0.2) is 0 Å². The fourth-order valence-corrected chi connectivity index (χ4v) is 6.65. The van der Waals surface area contributed by atoms with Crippen LogP contribution in [0.3, 0.4) is 0 Å². The summed E-state index contributed by atoms with van der Waals surface area (Å²) < 4.78 is 0. The van der Waals surface area contributed by atoms with E-state index in [0.717, 1.165) is 38.5 Å². The Balaban J connectivity index is 5.80. The largest absolute Gasteiger partial charge is 0.481 e. The summed E-state index contributed by atoms with van der Waals surface area (Å²) in [7, 11) is 0. The van der Waals surface area contributed by atoms with Crippen LogP contribution in [-0.2, 0) is 4.79 Å². The van der Waals surface area contributed by atoms with Gasteiger partial charge in [0, 0.05) is 0 Å². The molecule has 0 rings (SSSR count). The van der Waals surface area contributed by atoms with Gasteiger partial charge in [0.2, 0.25) is 0 Å². The molecule has 192 valence electrons. The predicted molar refractivity (Wildman–Crippen MR) is 142 cm³/mol. The van der Waals surface area contributed by atoms with E-state index >= 15 is 0 Å². The van der Waals surface area contributed by atoms with E-state index < -0.39 is 11.4 Å². The van der Waals surface area contributed by atoms with Crippen LogP contribution in [0.2, 0.25) is 0 Å². The molecule has 3 atom stereocenters. The van der Waals surface area contributed by atoms with Crippen molar-refractivity contribution in [2.45, 2.75) is 170 Å². The summed E-state index contributed by atoms with van der Waals surface area (Å²) in [5.74, 6) is 0.0257. The van der Waals surface area contributed by atoms with E-state index in [9.17, 15) is 9.90 Å². The van der Waals surface area contributed by atoms with Gasteiger partial charge in [-0.3, -0.25) is 4.79 Å². The van der Waals surface area contributed by atoms with Gasteiger partial charge in [0.25, 0.3) is 0 Å². The van der Waals surface area contributed by atoms with Crippen LogP contribution in [0.4, 0.5) is 0 Å². The van der Waals surface area contributed by atoms with Crippen molar-refractivity contribution in [3.05, 3.63) is 0 Å². The Morgan fingerprint density at radius 2 is 1.09 bits per heavy atom. The molecule has 0 heterocycles. The van der Waals surface area contributed by atoms with E-state index in [0.29, 0.717) is 5.92 Å². The van der Waals surface area contributed by atoms with Gasteiger partial charge in [-0.1, -0.05) is 138 Å². The first-order valence-electron chi connectivity index (χ1n) is 14.7. The Morgan fingerprint density at radius 1 is 0.625 bits per heavy atom. The first kappa shape index (κ1) is 31.5. The van der Waals surface area contributed by atoms with Gasteiger partial charge >= 0.3 is 5.97 Å². The van der Waals surface area contributed by atoms with Crippen LogP contribution < -0.4 is 0 Å². The zero-order valence-electron chi connectivity index (χ0n) is 23.1. The van der Waals surface area contributed by atoms with E-state index in [1.165, 1.54) is 89.9 Å². The van der Waals surface area contributed by atoms with Crippen LogP contribution in [0.25, 0.3) is 0 Å². The molecule has 0 radical (unpaired) electrons. The monoisotopic (exact) mass is 452 g/mol. The van der Waals surface area contributed by atoms with Crippen LogP contribution in [-0.4, -0.2) is 11.1 Å². The lowest BCUT2D eigenvalue weighted by Crippen LogP contribution is -2.51. The lowest BCUT2D eigenvalue weighted by molar-refractivity contribution is -0.168. The number of rotatable bonds is 23. The second-order valence-corrected chi connectivity index (χ2v) is 10.5. The Bertz CT molecular complexity index is 446. The molecule has 0 aliphatic heterocycles. The van der Waals surface area contributed by atoms with Gasteiger partial charge in [0.15, 0.2) is 0 Å². The van der Waals surface area contributed by atoms with Crippen molar-refractivity contribution in [1.82, 2.24) is 0 Å². The summed E-state index contributed by atoms with van der Waals surface area (Å²) in [4.78, 5) is 13.1. The molecule has 0 fully saturated rings. The van der Waals surface area contributed by atoms with Gasteiger partial charge in [-0.2, -0.15) is 0 Å². The molecule has 0 aromatic rings. The Kier molecular flexibility index (Phi) is 18.5. The highest BCUT2D eigenvalue weighted by Gasteiger charge is 2.56. The van der Waals surface area contributed by atoms with Crippen molar-refractivity contribution >= 4 is 5.97 Å². The van der Waals surface area contributed by atoms with Crippen molar-refractivity contribution < 1.29 is 9.90 Å². The maximum atomic E-state index is 13.1. The summed E-state index contributed by atoms with van der Waals surface area (Å²) in [6.45, 7) is 13.6. The zero-order valence-corrected chi connectivity index (χ0v) is 23.1. The zero-order chi connectivity index (χ0) is 24.3. The molecule has 2 heteroatoms. The van der Waals surface area contributed by atoms with Gasteiger partial charge in [0.05, 0.1) is 5.41 Å². The fraction of sp³-hybridized carbons (Fsp3) is 0.967. The summed E-state index contributed by atoms with van der Waals surface area (Å²) in [5, 5.41) is 10.8. The average molecular weight is 453 g/mol. The minimum absolute atomic E-state index is 0.0638. The third kappa shape index (κ3) is 9.38. The van der Waals surface area contributed by atoms with E-state index in [-0.39, 0.29) is 5.41 Å². The molecule has 0 aromatic heterocycles. The van der Waals surface area contributed by atoms with Crippen LogP contribution in [0.15, 0.2) is 0 Å². The minimum atomic E-state index is -0.565. The number of carboxylic acid groups (broad SMARTS) is 1. The third-order valence-electron chi connectivity index (χ3n) is 8.71. The topological polar surface area (TPSA) is 37.3 Å². The molecule has 0 bridgehead atoms. The number of hydrogen-bond donors (Lipinski definition) is 1. The maximum absolute atomic E-state index is 13.1. The standard InChI is InChI=1S/C30H60O2/c1-7-13-16-19-20-21-24-27(10-4)29(11-5,25-22-17-14-8-2)30(12-6,28(31)32)26-23-18-15-9-3/h27H,7-26H2,1-6H3,(H,31,32). The molecule has 1 N–H and O–H groups in total. The Labute approximate surface area is 202 Å². The molecule has 0 aliphatic rings. The van der Waals surface area contributed by atoms with E-state index in [4.69, 9.17) is 0 Å². The number of carboxylic acids is 1. The Morgan fingerprint density at radius 3 is 1.53 bits per heavy atom. The number of carbonyl (C=O) groups is 1. The average Bonchev–Trinajstić information content (AvgIpc) is 2.80. The van der Waals surface area contributed by atoms with Gasteiger partial charge in [0.1, 0.15) is 0 Å². The van der Waals surface area contributed by atoms with Crippen molar-refractivity contribution in [1.29, 1.82) is 0 Å². The predicted octanol–water partition coefficient (Wildman–Crippen LogP) is 10.6. The highest BCUT2D eigenvalue weighted by Crippen LogP contribution is 2.58. The molecule has 0 saturated carbocycles. The van der Waals surface area contributed by atoms with Crippen molar-refractivity contribution in [3.63, 3.8) is 0 Å². The quantitative estimate of drug-likeness (QED) is 0.156. The molecule has 0 spiro atoms. The minimum Gasteiger partial charge on any atom is -0.481 e. The summed E-state index contributed by atoms with van der Waals surface area (Å²) >= 11 is 0. The summed E-state index contributed by atoms with van der Waals surface area (Å²) in [6, 6.07) is 0. The molecular weight excluding hydrogens is 392 g/mol. The smallest absolute Gasteiger partial charge is 0.310 e. The van der Waals surface area contributed by atoms with E-state index in [1.54, 1.807) is 0 Å². The first-order valence-corrected chi connectivity index (χ1v) is 14.7. The molecule has 2 nitrogen and oxygen atoms in total. The molecule has 0 aromatic carbocycles. The highest BCUT2D eigenvalue weighted by atomic mass is 16.4. The second kappa shape index (κ2) is 18.8. The normalized spacial score (nSPS) is 16.4. The number of aliphatic carboxylic acids is 1. The van der Waals surface area contributed by atoms with E-state index in [1.807, 2.05) is 0 Å². The fourth-order valence-electron chi connectivity index (χ4n) is 6.65. The van der Waals surface area contributed by atoms with Crippen LogP contribution in [0.1, 0.15) is 170 Å². The van der Waals surface area contributed by atoms with Crippen LogP contribution in [0.5, 0.6) is 0 Å². The Hall–Kier alpha value is -0.530. The lowest BCUT2D eigenvalue weighted by atomic mass is 9.50. The summed E-state index contributed by atoms with van der Waals surface area (Å²) in [6.07, 6.45) is 23.7. The molecule has 32 heavy (non-hydrogen) atoms. The molecule has 0 aliphatic carbocycles. The molecule has 0 amide bonds. The van der Waals surface area contributed by atoms with Crippen molar-refractivity contribution in [3.8, 4) is 0 Å². The van der Waals surface area contributed by atoms with E-state index in [2.05, 4.69) is 41.5 Å². The van der Waals surface area contributed by atoms with Gasteiger partial charge in [-0.15, -0.1) is 0 Å². The molecule has 0 saturated heterocycles.